The van der Waals surface area contributed by atoms with Crippen molar-refractivity contribution in [1.82, 2.24) is 0 Å². The van der Waals surface area contributed by atoms with Crippen molar-refractivity contribution in [1.29, 1.82) is 0 Å². The summed E-state index contributed by atoms with van der Waals surface area (Å²) in [6.45, 7) is 3.84. The number of amides is 1. The summed E-state index contributed by atoms with van der Waals surface area (Å²) in [5.74, 6) is 0.526. The molecule has 1 amide bonds. The summed E-state index contributed by atoms with van der Waals surface area (Å²) in [6, 6.07) is 10.8. The fourth-order valence-electron chi connectivity index (χ4n) is 1.92. The normalized spacial score (nSPS) is 10.2. The lowest BCUT2D eigenvalue weighted by Gasteiger charge is -2.10. The van der Waals surface area contributed by atoms with Crippen LogP contribution in [0.2, 0.25) is 0 Å². The van der Waals surface area contributed by atoms with E-state index in [0.717, 1.165) is 16.8 Å². The fourth-order valence-corrected chi connectivity index (χ4v) is 1.92. The van der Waals surface area contributed by atoms with Gasteiger partial charge in [-0.3, -0.25) is 4.79 Å². The standard InChI is InChI=1S/C16H18N2O2/c1-10-4-5-12(9-15(10)20-3)16(19)18-13-6-7-14(17)11(2)8-13/h4-9H,17H2,1-3H3,(H,18,19). The number of rotatable bonds is 3. The van der Waals surface area contributed by atoms with Crippen molar-refractivity contribution in [2.45, 2.75) is 13.8 Å². The number of methoxy groups -OCH3 is 1. The SMILES string of the molecule is COc1cc(C(=O)Nc2ccc(N)c(C)c2)ccc1C. The largest absolute Gasteiger partial charge is 0.496 e. The minimum Gasteiger partial charge on any atom is -0.496 e. The Morgan fingerprint density at radius 2 is 1.85 bits per heavy atom. The molecule has 0 bridgehead atoms. The van der Waals surface area contributed by atoms with Crippen molar-refractivity contribution < 1.29 is 9.53 Å². The van der Waals surface area contributed by atoms with Gasteiger partial charge < -0.3 is 15.8 Å². The van der Waals surface area contributed by atoms with E-state index in [1.165, 1.54) is 0 Å². The molecule has 2 aromatic carbocycles. The van der Waals surface area contributed by atoms with E-state index in [2.05, 4.69) is 5.32 Å². The Labute approximate surface area is 118 Å². The summed E-state index contributed by atoms with van der Waals surface area (Å²) in [6.07, 6.45) is 0. The molecule has 4 nitrogen and oxygen atoms in total. The Hall–Kier alpha value is -2.49. The zero-order chi connectivity index (χ0) is 14.7. The highest BCUT2D eigenvalue weighted by molar-refractivity contribution is 6.04. The quantitative estimate of drug-likeness (QED) is 0.842. The van der Waals surface area contributed by atoms with Crippen LogP contribution in [-0.2, 0) is 0 Å². The molecule has 0 aliphatic carbocycles. The minimum atomic E-state index is -0.174. The number of nitrogens with two attached hydrogens (primary N) is 1. The maximum Gasteiger partial charge on any atom is 0.255 e. The van der Waals surface area contributed by atoms with Gasteiger partial charge in [0, 0.05) is 16.9 Å². The van der Waals surface area contributed by atoms with Gasteiger partial charge in [0.25, 0.3) is 5.91 Å². The first-order valence-corrected chi connectivity index (χ1v) is 6.33. The van der Waals surface area contributed by atoms with Crippen molar-refractivity contribution in [2.75, 3.05) is 18.2 Å². The van der Waals surface area contributed by atoms with Gasteiger partial charge in [0.1, 0.15) is 5.75 Å². The molecule has 2 rings (SSSR count). The van der Waals surface area contributed by atoms with Crippen LogP contribution in [0.4, 0.5) is 11.4 Å². The third kappa shape index (κ3) is 2.91. The van der Waals surface area contributed by atoms with Gasteiger partial charge in [-0.15, -0.1) is 0 Å². The lowest BCUT2D eigenvalue weighted by molar-refractivity contribution is 0.102. The highest BCUT2D eigenvalue weighted by Gasteiger charge is 2.09. The number of hydrogen-bond acceptors (Lipinski definition) is 3. The molecule has 0 heterocycles. The summed E-state index contributed by atoms with van der Waals surface area (Å²) in [4.78, 5) is 12.2. The van der Waals surface area contributed by atoms with Gasteiger partial charge >= 0.3 is 0 Å². The van der Waals surface area contributed by atoms with Crippen LogP contribution >= 0.6 is 0 Å². The van der Waals surface area contributed by atoms with Gasteiger partial charge in [0.15, 0.2) is 0 Å². The molecule has 20 heavy (non-hydrogen) atoms. The van der Waals surface area contributed by atoms with Crippen LogP contribution in [0.1, 0.15) is 21.5 Å². The van der Waals surface area contributed by atoms with Crippen molar-refractivity contribution in [2.24, 2.45) is 0 Å². The Balaban J connectivity index is 2.21. The molecular formula is C16H18N2O2. The number of aryl methyl sites for hydroxylation is 2. The number of carbonyl (C=O) groups is 1. The van der Waals surface area contributed by atoms with E-state index < -0.39 is 0 Å². The van der Waals surface area contributed by atoms with E-state index in [-0.39, 0.29) is 5.91 Å². The Morgan fingerprint density at radius 3 is 2.50 bits per heavy atom. The number of hydrogen-bond donors (Lipinski definition) is 2. The molecule has 2 aromatic rings. The molecule has 0 aromatic heterocycles. The molecule has 0 radical (unpaired) electrons. The topological polar surface area (TPSA) is 64.3 Å². The highest BCUT2D eigenvalue weighted by Crippen LogP contribution is 2.21. The van der Waals surface area contributed by atoms with Crippen LogP contribution in [0.5, 0.6) is 5.75 Å². The minimum absolute atomic E-state index is 0.174. The van der Waals surface area contributed by atoms with Crippen molar-refractivity contribution >= 4 is 17.3 Å². The van der Waals surface area contributed by atoms with E-state index in [1.807, 2.05) is 26.0 Å². The van der Waals surface area contributed by atoms with E-state index >= 15 is 0 Å². The molecule has 0 atom stereocenters. The van der Waals surface area contributed by atoms with Crippen LogP contribution in [-0.4, -0.2) is 13.0 Å². The number of benzene rings is 2. The third-order valence-electron chi connectivity index (χ3n) is 3.20. The van der Waals surface area contributed by atoms with Crippen LogP contribution in [0.3, 0.4) is 0 Å². The second kappa shape index (κ2) is 5.65. The maximum atomic E-state index is 12.2. The average Bonchev–Trinajstić information content (AvgIpc) is 2.43. The van der Waals surface area contributed by atoms with Crippen LogP contribution < -0.4 is 15.8 Å². The van der Waals surface area contributed by atoms with E-state index in [0.29, 0.717) is 17.0 Å². The predicted octanol–water partition coefficient (Wildman–Crippen LogP) is 3.15. The van der Waals surface area contributed by atoms with E-state index in [9.17, 15) is 4.79 Å². The molecule has 4 heteroatoms. The Morgan fingerprint density at radius 1 is 1.10 bits per heavy atom. The molecular weight excluding hydrogens is 252 g/mol. The van der Waals surface area contributed by atoms with Gasteiger partial charge in [-0.05, 0) is 55.3 Å². The number of anilines is 2. The highest BCUT2D eigenvalue weighted by atomic mass is 16.5. The summed E-state index contributed by atoms with van der Waals surface area (Å²) in [7, 11) is 1.59. The summed E-state index contributed by atoms with van der Waals surface area (Å²) < 4.78 is 5.22. The summed E-state index contributed by atoms with van der Waals surface area (Å²) >= 11 is 0. The van der Waals surface area contributed by atoms with Crippen LogP contribution in [0, 0.1) is 13.8 Å². The van der Waals surface area contributed by atoms with Crippen LogP contribution in [0.15, 0.2) is 36.4 Å². The average molecular weight is 270 g/mol. The molecule has 0 saturated heterocycles. The fraction of sp³-hybridized carbons (Fsp3) is 0.188. The summed E-state index contributed by atoms with van der Waals surface area (Å²) in [5, 5.41) is 2.85. The Kier molecular flexibility index (Phi) is 3.94. The second-order valence-corrected chi connectivity index (χ2v) is 4.71. The zero-order valence-electron chi connectivity index (χ0n) is 11.9. The number of nitrogen functional groups attached to an aromatic ring is 1. The molecule has 0 fully saturated rings. The molecule has 0 unspecified atom stereocenters. The first-order chi connectivity index (χ1) is 9.51. The van der Waals surface area contributed by atoms with Gasteiger partial charge in [-0.1, -0.05) is 6.07 Å². The predicted molar refractivity (Wildman–Crippen MR) is 81.3 cm³/mol. The van der Waals surface area contributed by atoms with Crippen LogP contribution in [0.25, 0.3) is 0 Å². The van der Waals surface area contributed by atoms with Crippen molar-refractivity contribution in [3.05, 3.63) is 53.1 Å². The number of nitrogens with one attached hydrogen (secondary N) is 1. The first-order valence-electron chi connectivity index (χ1n) is 6.33. The lowest BCUT2D eigenvalue weighted by atomic mass is 10.1. The number of carbonyl (C=O) groups excluding carboxylic acids is 1. The molecule has 0 aliphatic heterocycles. The van der Waals surface area contributed by atoms with E-state index in [1.54, 1.807) is 31.4 Å². The van der Waals surface area contributed by atoms with Crippen molar-refractivity contribution in [3.8, 4) is 5.75 Å². The van der Waals surface area contributed by atoms with Gasteiger partial charge in [0.05, 0.1) is 7.11 Å². The van der Waals surface area contributed by atoms with Gasteiger partial charge in [0.2, 0.25) is 0 Å². The van der Waals surface area contributed by atoms with Gasteiger partial charge in [-0.2, -0.15) is 0 Å². The van der Waals surface area contributed by atoms with Gasteiger partial charge in [-0.25, -0.2) is 0 Å². The molecule has 0 saturated carbocycles. The Bertz CT molecular complexity index is 651. The maximum absolute atomic E-state index is 12.2. The lowest BCUT2D eigenvalue weighted by Crippen LogP contribution is -2.12. The smallest absolute Gasteiger partial charge is 0.255 e. The third-order valence-corrected chi connectivity index (χ3v) is 3.20. The number of ether oxygens (including phenoxy) is 1. The molecule has 104 valence electrons. The molecule has 0 spiro atoms. The van der Waals surface area contributed by atoms with Crippen molar-refractivity contribution in [3.63, 3.8) is 0 Å². The second-order valence-electron chi connectivity index (χ2n) is 4.71. The summed E-state index contributed by atoms with van der Waals surface area (Å²) in [5.41, 5.74) is 9.67. The van der Waals surface area contributed by atoms with E-state index in [4.69, 9.17) is 10.5 Å². The molecule has 3 N–H and O–H groups in total. The zero-order valence-corrected chi connectivity index (χ0v) is 11.9. The first kappa shape index (κ1) is 13.9. The molecule has 0 aliphatic rings. The monoisotopic (exact) mass is 270 g/mol.